The van der Waals surface area contributed by atoms with Crippen LogP contribution in [0.3, 0.4) is 0 Å². The Hall–Kier alpha value is -2.54. The van der Waals surface area contributed by atoms with Crippen LogP contribution in [0, 0.1) is 19.7 Å². The van der Waals surface area contributed by atoms with Gasteiger partial charge < -0.3 is 4.90 Å². The normalized spacial score (nSPS) is 13.8. The average molecular weight is 399 g/mol. The number of hydrogen-bond donors (Lipinski definition) is 0. The fourth-order valence-electron chi connectivity index (χ4n) is 3.41. The van der Waals surface area contributed by atoms with Crippen LogP contribution in [0.25, 0.3) is 10.2 Å². The highest BCUT2D eigenvalue weighted by atomic mass is 32.1. The lowest BCUT2D eigenvalue weighted by Crippen LogP contribution is -2.34. The summed E-state index contributed by atoms with van der Waals surface area (Å²) in [7, 11) is 0. The minimum atomic E-state index is -0.296. The van der Waals surface area contributed by atoms with Crippen molar-refractivity contribution in [3.05, 3.63) is 62.8 Å². The van der Waals surface area contributed by atoms with E-state index in [1.165, 1.54) is 28.3 Å². The van der Waals surface area contributed by atoms with Gasteiger partial charge in [0.25, 0.3) is 5.56 Å². The smallest absolute Gasteiger partial charge is 0.262 e. The van der Waals surface area contributed by atoms with Crippen LogP contribution in [0.4, 0.5) is 4.39 Å². The molecule has 4 rings (SSSR count). The molecule has 146 valence electrons. The van der Waals surface area contributed by atoms with Gasteiger partial charge in [-0.1, -0.05) is 18.2 Å². The Labute approximate surface area is 166 Å². The van der Waals surface area contributed by atoms with E-state index in [2.05, 4.69) is 4.98 Å². The Kier molecular flexibility index (Phi) is 5.02. The molecule has 1 saturated carbocycles. The van der Waals surface area contributed by atoms with Gasteiger partial charge in [0.05, 0.1) is 11.7 Å². The summed E-state index contributed by atoms with van der Waals surface area (Å²) in [5, 5.41) is 0.642. The van der Waals surface area contributed by atoms with E-state index in [0.29, 0.717) is 10.9 Å². The Bertz CT molecular complexity index is 1100. The van der Waals surface area contributed by atoms with E-state index >= 15 is 0 Å². The predicted molar refractivity (Wildman–Crippen MR) is 108 cm³/mol. The molecule has 0 aliphatic heterocycles. The molecule has 3 aromatic rings. The topological polar surface area (TPSA) is 55.2 Å². The first-order chi connectivity index (χ1) is 13.5. The van der Waals surface area contributed by atoms with Crippen LogP contribution in [0.2, 0.25) is 0 Å². The van der Waals surface area contributed by atoms with Crippen molar-refractivity contribution < 1.29 is 9.18 Å². The maximum Gasteiger partial charge on any atom is 0.262 e. The number of halogens is 1. The van der Waals surface area contributed by atoms with Gasteiger partial charge in [0.15, 0.2) is 0 Å². The summed E-state index contributed by atoms with van der Waals surface area (Å²) in [6, 6.07) is 6.72. The first-order valence-corrected chi connectivity index (χ1v) is 10.3. The molecular weight excluding hydrogens is 377 g/mol. The molecule has 5 nitrogen and oxygen atoms in total. The average Bonchev–Trinajstić information content (AvgIpc) is 3.46. The van der Waals surface area contributed by atoms with Gasteiger partial charge in [0.1, 0.15) is 10.6 Å². The molecule has 0 saturated heterocycles. The monoisotopic (exact) mass is 399 g/mol. The van der Waals surface area contributed by atoms with Gasteiger partial charge in [0, 0.05) is 36.0 Å². The van der Waals surface area contributed by atoms with Gasteiger partial charge in [-0.15, -0.1) is 11.3 Å². The summed E-state index contributed by atoms with van der Waals surface area (Å²) in [6.45, 7) is 4.45. The Balaban J connectivity index is 1.50. The minimum Gasteiger partial charge on any atom is -0.335 e. The van der Waals surface area contributed by atoms with Crippen LogP contribution < -0.4 is 5.56 Å². The second-order valence-corrected chi connectivity index (χ2v) is 8.50. The molecule has 1 aromatic carbocycles. The Morgan fingerprint density at radius 2 is 2.07 bits per heavy atom. The molecule has 1 amide bonds. The molecular formula is C21H22FN3O2S. The van der Waals surface area contributed by atoms with E-state index in [1.807, 2.05) is 13.8 Å². The van der Waals surface area contributed by atoms with E-state index < -0.39 is 0 Å². The lowest BCUT2D eigenvalue weighted by Gasteiger charge is -2.23. The number of aryl methyl sites for hydroxylation is 3. The fourth-order valence-corrected chi connectivity index (χ4v) is 4.39. The highest BCUT2D eigenvalue weighted by Crippen LogP contribution is 2.29. The zero-order valence-corrected chi connectivity index (χ0v) is 16.8. The van der Waals surface area contributed by atoms with Gasteiger partial charge in [-0.05, 0) is 38.3 Å². The molecule has 1 fully saturated rings. The lowest BCUT2D eigenvalue weighted by atomic mass is 10.2. The predicted octanol–water partition coefficient (Wildman–Crippen LogP) is 3.80. The summed E-state index contributed by atoms with van der Waals surface area (Å²) in [4.78, 5) is 33.6. The molecule has 0 radical (unpaired) electrons. The number of benzene rings is 1. The molecule has 0 bridgehead atoms. The molecule has 28 heavy (non-hydrogen) atoms. The number of nitrogens with zero attached hydrogens (tertiary/aromatic N) is 3. The van der Waals surface area contributed by atoms with E-state index in [-0.39, 0.29) is 42.8 Å². The summed E-state index contributed by atoms with van der Waals surface area (Å²) >= 11 is 1.51. The molecule has 7 heteroatoms. The SMILES string of the molecule is Cc1sc2ncn(CCC(=O)N(Cc3ccccc3F)C3CC3)c(=O)c2c1C. The molecule has 2 heterocycles. The van der Waals surface area contributed by atoms with Crippen LogP contribution in [0.1, 0.15) is 35.3 Å². The molecule has 1 aliphatic rings. The Morgan fingerprint density at radius 1 is 1.32 bits per heavy atom. The highest BCUT2D eigenvalue weighted by molar-refractivity contribution is 7.18. The maximum absolute atomic E-state index is 14.0. The number of carbonyl (C=O) groups excluding carboxylic acids is 1. The van der Waals surface area contributed by atoms with Gasteiger partial charge >= 0.3 is 0 Å². The molecule has 1 aliphatic carbocycles. The maximum atomic E-state index is 14.0. The number of thiophene rings is 1. The second kappa shape index (κ2) is 7.47. The largest absolute Gasteiger partial charge is 0.335 e. The molecule has 0 unspecified atom stereocenters. The van der Waals surface area contributed by atoms with E-state index in [1.54, 1.807) is 23.1 Å². The van der Waals surface area contributed by atoms with E-state index in [4.69, 9.17) is 0 Å². The minimum absolute atomic E-state index is 0.0593. The van der Waals surface area contributed by atoms with Gasteiger partial charge in [-0.3, -0.25) is 14.2 Å². The standard InChI is InChI=1S/C21H22FN3O2S/c1-13-14(2)28-20-19(13)21(27)24(12-23-20)10-9-18(26)25(16-7-8-16)11-15-5-3-4-6-17(15)22/h3-6,12,16H,7-11H2,1-2H3. The van der Waals surface area contributed by atoms with Crippen molar-refractivity contribution in [3.8, 4) is 0 Å². The van der Waals surface area contributed by atoms with Gasteiger partial charge in [-0.2, -0.15) is 0 Å². The zero-order chi connectivity index (χ0) is 19.8. The number of rotatable bonds is 6. The van der Waals surface area contributed by atoms with E-state index in [0.717, 1.165) is 28.1 Å². The molecule has 0 N–H and O–H groups in total. The van der Waals surface area contributed by atoms with Crippen LogP contribution in [0.5, 0.6) is 0 Å². The summed E-state index contributed by atoms with van der Waals surface area (Å²) < 4.78 is 15.5. The Morgan fingerprint density at radius 3 is 2.79 bits per heavy atom. The summed E-state index contributed by atoms with van der Waals surface area (Å²) in [5.74, 6) is -0.355. The zero-order valence-electron chi connectivity index (χ0n) is 15.9. The van der Waals surface area contributed by atoms with Crippen LogP contribution >= 0.6 is 11.3 Å². The summed E-state index contributed by atoms with van der Waals surface area (Å²) in [6.07, 6.45) is 3.61. The van der Waals surface area contributed by atoms with Crippen molar-refractivity contribution in [2.75, 3.05) is 0 Å². The molecule has 0 spiro atoms. The number of amides is 1. The number of fused-ring (bicyclic) bond motifs is 1. The van der Waals surface area contributed by atoms with Crippen molar-refractivity contribution in [2.45, 2.75) is 52.2 Å². The lowest BCUT2D eigenvalue weighted by molar-refractivity contribution is -0.132. The first kappa shape index (κ1) is 18.8. The van der Waals surface area contributed by atoms with Crippen molar-refractivity contribution in [2.24, 2.45) is 0 Å². The van der Waals surface area contributed by atoms with E-state index in [9.17, 15) is 14.0 Å². The second-order valence-electron chi connectivity index (χ2n) is 7.30. The van der Waals surface area contributed by atoms with Crippen molar-refractivity contribution >= 4 is 27.5 Å². The highest BCUT2D eigenvalue weighted by Gasteiger charge is 2.32. The van der Waals surface area contributed by atoms with Crippen molar-refractivity contribution in [1.82, 2.24) is 14.5 Å². The third kappa shape index (κ3) is 3.58. The molecule has 0 atom stereocenters. The van der Waals surface area contributed by atoms with Gasteiger partial charge in [-0.25, -0.2) is 9.37 Å². The number of aromatic nitrogens is 2. The van der Waals surface area contributed by atoms with Gasteiger partial charge in [0.2, 0.25) is 5.91 Å². The van der Waals surface area contributed by atoms with Crippen LogP contribution in [-0.2, 0) is 17.9 Å². The summed E-state index contributed by atoms with van der Waals surface area (Å²) in [5.41, 5.74) is 1.37. The molecule has 2 aromatic heterocycles. The fraction of sp³-hybridized carbons (Fsp3) is 0.381. The first-order valence-electron chi connectivity index (χ1n) is 9.43. The van der Waals surface area contributed by atoms with Crippen molar-refractivity contribution in [1.29, 1.82) is 0 Å². The third-order valence-corrected chi connectivity index (χ3v) is 6.44. The van der Waals surface area contributed by atoms with Crippen LogP contribution in [0.15, 0.2) is 35.4 Å². The third-order valence-electron chi connectivity index (χ3n) is 5.33. The van der Waals surface area contributed by atoms with Crippen molar-refractivity contribution in [3.63, 3.8) is 0 Å². The number of carbonyl (C=O) groups is 1. The number of hydrogen-bond acceptors (Lipinski definition) is 4. The quantitative estimate of drug-likeness (QED) is 0.634. The van der Waals surface area contributed by atoms with Crippen LogP contribution in [-0.4, -0.2) is 26.4 Å².